The molecule has 2 heteroatoms. The Hall–Kier alpha value is 1.60. The van der Waals surface area contributed by atoms with Crippen molar-refractivity contribution in [1.29, 1.82) is 0 Å². The minimum Gasteiger partial charge on any atom is -0.857 e. The first kappa shape index (κ1) is 20.1. The van der Waals surface area contributed by atoms with Gasteiger partial charge in [-0.05, 0) is 0 Å². The van der Waals surface area contributed by atoms with Crippen LogP contribution in [0, 0.1) is 17.8 Å². The molecule has 0 radical (unpaired) electrons. The maximum absolute atomic E-state index is 8.25. The molecule has 0 aliphatic rings. The molecule has 0 rings (SSSR count). The molecule has 0 amide bonds. The summed E-state index contributed by atoms with van der Waals surface area (Å²) < 4.78 is 0. The molecule has 0 aliphatic heterocycles. The molecule has 0 aromatic heterocycles. The molecule has 0 atom stereocenters. The van der Waals surface area contributed by atoms with Crippen molar-refractivity contribution in [2.75, 3.05) is 7.11 Å². The predicted molar refractivity (Wildman–Crippen MR) is 53.5 cm³/mol. The molecule has 0 unspecified atom stereocenters. The second kappa shape index (κ2) is 13.6. The Bertz CT molecular complexity index is 72.2. The van der Waals surface area contributed by atoms with E-state index >= 15 is 0 Å². The van der Waals surface area contributed by atoms with Gasteiger partial charge in [0.1, 0.15) is 0 Å². The van der Waals surface area contributed by atoms with Crippen molar-refractivity contribution in [3.63, 3.8) is 0 Å². The van der Waals surface area contributed by atoms with Gasteiger partial charge in [0, 0.05) is 0 Å². The van der Waals surface area contributed by atoms with Crippen molar-refractivity contribution in [3.05, 3.63) is 11.8 Å². The van der Waals surface area contributed by atoms with E-state index in [9.17, 15) is 0 Å². The zero-order valence-corrected chi connectivity index (χ0v) is 13.5. The third kappa shape index (κ3) is 19.9. The van der Waals surface area contributed by atoms with Crippen molar-refractivity contribution >= 4 is 0 Å². The van der Waals surface area contributed by atoms with Crippen molar-refractivity contribution in [2.24, 2.45) is 5.92 Å². The smallest absolute Gasteiger partial charge is 0.857 e. The average Bonchev–Trinajstić information content (AvgIpc) is 1.87. The van der Waals surface area contributed by atoms with E-state index in [1.54, 1.807) is 11.8 Å². The molecule has 0 bridgehead atoms. The van der Waals surface area contributed by atoms with Crippen LogP contribution < -0.4 is 56.5 Å². The Balaban J connectivity index is -0.000000309. The van der Waals surface area contributed by atoms with Gasteiger partial charge < -0.3 is 16.9 Å². The molecule has 0 saturated heterocycles. The van der Waals surface area contributed by atoms with Crippen LogP contribution in [0.5, 0.6) is 0 Å². The fourth-order valence-electron chi connectivity index (χ4n) is 1.47. The van der Waals surface area contributed by atoms with Crippen LogP contribution >= 0.6 is 0 Å². The van der Waals surface area contributed by atoms with Gasteiger partial charge in [-0.25, -0.2) is 0 Å². The first-order chi connectivity index (χ1) is 5.52. The summed E-state index contributed by atoms with van der Waals surface area (Å²) in [5, 5.41) is 8.25. The molecule has 1 nitrogen and oxygen atoms in total. The SMILES string of the molecule is C[C-](C)CC(C)C[C-](C)C.C[O-].[K+]. The molecule has 0 N–H and O–H groups in total. The van der Waals surface area contributed by atoms with Gasteiger partial charge in [0.05, 0.1) is 0 Å². The normalized spacial score (nSPS) is 9.69. The van der Waals surface area contributed by atoms with Gasteiger partial charge in [-0.15, -0.1) is 0 Å². The molecule has 0 saturated carbocycles. The maximum atomic E-state index is 8.25. The minimum absolute atomic E-state index is 0. The Morgan fingerprint density at radius 2 is 1.15 bits per heavy atom. The summed E-state index contributed by atoms with van der Waals surface area (Å²) in [7, 11) is 0.750. The summed E-state index contributed by atoms with van der Waals surface area (Å²) in [5.41, 5.74) is 0. The van der Waals surface area contributed by atoms with E-state index in [0.29, 0.717) is 0 Å². The summed E-state index contributed by atoms with van der Waals surface area (Å²) in [6.45, 7) is 11.2. The molecule has 13 heavy (non-hydrogen) atoms. The molecule has 0 heterocycles. The zero-order valence-electron chi connectivity index (χ0n) is 10.4. The van der Waals surface area contributed by atoms with Crippen LogP contribution in [0.4, 0.5) is 0 Å². The van der Waals surface area contributed by atoms with E-state index in [-0.39, 0.29) is 51.4 Å². The van der Waals surface area contributed by atoms with E-state index in [1.807, 2.05) is 0 Å². The summed E-state index contributed by atoms with van der Waals surface area (Å²) in [6, 6.07) is 0. The molecular formula is C11H23KO-2. The Kier molecular flexibility index (Phi) is 21.0. The average molecular weight is 210 g/mol. The van der Waals surface area contributed by atoms with Crippen LogP contribution in [0.3, 0.4) is 0 Å². The minimum atomic E-state index is 0. The monoisotopic (exact) mass is 210 g/mol. The van der Waals surface area contributed by atoms with Crippen LogP contribution in [-0.4, -0.2) is 7.11 Å². The van der Waals surface area contributed by atoms with E-state index < -0.39 is 0 Å². The Morgan fingerprint density at radius 1 is 0.923 bits per heavy atom. The molecule has 0 aromatic rings. The predicted octanol–water partition coefficient (Wildman–Crippen LogP) is -0.388. The molecular weight excluding hydrogens is 187 g/mol. The summed E-state index contributed by atoms with van der Waals surface area (Å²) in [6.07, 6.45) is 2.57. The first-order valence-electron chi connectivity index (χ1n) is 4.51. The van der Waals surface area contributed by atoms with Gasteiger partial charge in [-0.3, -0.25) is 0 Å². The molecule has 0 fully saturated rings. The summed E-state index contributed by atoms with van der Waals surface area (Å²) in [5.74, 6) is 3.94. The van der Waals surface area contributed by atoms with Crippen LogP contribution in [0.1, 0.15) is 47.5 Å². The third-order valence-corrected chi connectivity index (χ3v) is 1.51. The fourth-order valence-corrected chi connectivity index (χ4v) is 1.47. The van der Waals surface area contributed by atoms with Crippen molar-refractivity contribution < 1.29 is 56.5 Å². The van der Waals surface area contributed by atoms with Crippen molar-refractivity contribution in [3.8, 4) is 0 Å². The van der Waals surface area contributed by atoms with Crippen molar-refractivity contribution in [1.82, 2.24) is 0 Å². The van der Waals surface area contributed by atoms with E-state index in [0.717, 1.165) is 13.0 Å². The second-order valence-corrected chi connectivity index (χ2v) is 3.93. The Morgan fingerprint density at radius 3 is 1.31 bits per heavy atom. The third-order valence-electron chi connectivity index (χ3n) is 1.51. The summed E-state index contributed by atoms with van der Waals surface area (Å²) >= 11 is 0. The summed E-state index contributed by atoms with van der Waals surface area (Å²) in [4.78, 5) is 0. The van der Waals surface area contributed by atoms with Gasteiger partial charge in [0.25, 0.3) is 0 Å². The van der Waals surface area contributed by atoms with Crippen LogP contribution in [0.25, 0.3) is 0 Å². The second-order valence-electron chi connectivity index (χ2n) is 3.93. The van der Waals surface area contributed by atoms with Crippen LogP contribution in [0.2, 0.25) is 0 Å². The number of hydrogen-bond donors (Lipinski definition) is 0. The number of hydrogen-bond acceptors (Lipinski definition) is 1. The van der Waals surface area contributed by atoms with Crippen LogP contribution in [-0.2, 0) is 0 Å². The molecule has 0 spiro atoms. The molecule has 76 valence electrons. The van der Waals surface area contributed by atoms with Crippen molar-refractivity contribution in [2.45, 2.75) is 47.5 Å². The van der Waals surface area contributed by atoms with Gasteiger partial charge >= 0.3 is 51.4 Å². The van der Waals surface area contributed by atoms with Crippen LogP contribution in [0.15, 0.2) is 0 Å². The standard InChI is InChI=1S/C10H20.CH3O.K/c1-8(2)6-10(5)7-9(3)4;1-2;/h10H,6-7H2,1-5H3;1H3;/q-2;-1;+1. The van der Waals surface area contributed by atoms with Gasteiger partial charge in [0.15, 0.2) is 0 Å². The fraction of sp³-hybridized carbons (Fsp3) is 0.818. The zero-order chi connectivity index (χ0) is 10.1. The maximum Gasteiger partial charge on any atom is 1.00 e. The topological polar surface area (TPSA) is 23.1 Å². The number of rotatable bonds is 4. The van der Waals surface area contributed by atoms with Gasteiger partial charge in [0.2, 0.25) is 0 Å². The van der Waals surface area contributed by atoms with E-state index in [2.05, 4.69) is 34.6 Å². The quantitative estimate of drug-likeness (QED) is 0.458. The van der Waals surface area contributed by atoms with E-state index in [1.165, 1.54) is 12.8 Å². The van der Waals surface area contributed by atoms with E-state index in [4.69, 9.17) is 5.11 Å². The first-order valence-corrected chi connectivity index (χ1v) is 4.51. The van der Waals surface area contributed by atoms with Gasteiger partial charge in [-0.2, -0.15) is 47.6 Å². The largest absolute Gasteiger partial charge is 1.00 e. The Labute approximate surface area is 127 Å². The molecule has 0 aliphatic carbocycles. The molecule has 0 aromatic carbocycles. The van der Waals surface area contributed by atoms with Gasteiger partial charge in [-0.1, -0.05) is 12.8 Å².